The van der Waals surface area contributed by atoms with Crippen molar-refractivity contribution in [2.75, 3.05) is 6.54 Å². The maximum Gasteiger partial charge on any atom is 0.315 e. The van der Waals surface area contributed by atoms with Gasteiger partial charge in [-0.05, 0) is 30.2 Å². The van der Waals surface area contributed by atoms with Gasteiger partial charge in [-0.1, -0.05) is 26.8 Å². The van der Waals surface area contributed by atoms with Gasteiger partial charge < -0.3 is 15.7 Å². The van der Waals surface area contributed by atoms with Crippen LogP contribution >= 0.6 is 11.3 Å². The monoisotopic (exact) mass is 312 g/mol. The maximum absolute atomic E-state index is 11.9. The van der Waals surface area contributed by atoms with E-state index in [9.17, 15) is 9.59 Å². The first-order chi connectivity index (χ1) is 9.93. The molecular formula is C15H24N2O3S. The Kier molecular flexibility index (Phi) is 7.22. The van der Waals surface area contributed by atoms with Crippen molar-refractivity contribution in [1.82, 2.24) is 10.6 Å². The van der Waals surface area contributed by atoms with E-state index >= 15 is 0 Å². The second-order valence-corrected chi connectivity index (χ2v) is 6.47. The zero-order valence-electron chi connectivity index (χ0n) is 12.8. The lowest BCUT2D eigenvalue weighted by Crippen LogP contribution is -2.41. The van der Waals surface area contributed by atoms with Crippen molar-refractivity contribution in [1.29, 1.82) is 0 Å². The number of rotatable bonds is 8. The number of hydrogen-bond acceptors (Lipinski definition) is 3. The molecule has 0 aromatic carbocycles. The normalized spacial score (nSPS) is 13.7. The van der Waals surface area contributed by atoms with Crippen molar-refractivity contribution in [2.45, 2.75) is 39.7 Å². The number of amides is 2. The zero-order valence-corrected chi connectivity index (χ0v) is 13.6. The molecule has 0 radical (unpaired) electrons. The number of carboxylic acids is 1. The third-order valence-corrected chi connectivity index (χ3v) is 4.20. The number of urea groups is 1. The van der Waals surface area contributed by atoms with Gasteiger partial charge in [0, 0.05) is 11.4 Å². The third-order valence-electron chi connectivity index (χ3n) is 3.21. The van der Waals surface area contributed by atoms with Gasteiger partial charge >= 0.3 is 12.0 Å². The van der Waals surface area contributed by atoms with Crippen LogP contribution in [0.3, 0.4) is 0 Å². The molecule has 6 heteroatoms. The van der Waals surface area contributed by atoms with Gasteiger partial charge in [-0.15, -0.1) is 11.3 Å². The predicted octanol–water partition coefficient (Wildman–Crippen LogP) is 3.25. The van der Waals surface area contributed by atoms with Crippen LogP contribution < -0.4 is 10.6 Å². The van der Waals surface area contributed by atoms with Crippen LogP contribution in [-0.4, -0.2) is 23.7 Å². The molecule has 5 nitrogen and oxygen atoms in total. The molecule has 1 heterocycles. The van der Waals surface area contributed by atoms with E-state index in [0.717, 1.165) is 11.3 Å². The number of aliphatic carboxylic acids is 1. The molecule has 0 saturated carbocycles. The fourth-order valence-corrected chi connectivity index (χ4v) is 2.99. The molecule has 2 atom stereocenters. The molecule has 3 N–H and O–H groups in total. The Labute approximate surface area is 129 Å². The average molecular weight is 312 g/mol. The summed E-state index contributed by atoms with van der Waals surface area (Å²) in [5.41, 5.74) is 0. The minimum Gasteiger partial charge on any atom is -0.481 e. The quantitative estimate of drug-likeness (QED) is 0.689. The summed E-state index contributed by atoms with van der Waals surface area (Å²) in [5, 5.41) is 16.7. The Bertz CT molecular complexity index is 446. The first-order valence-corrected chi connectivity index (χ1v) is 8.12. The van der Waals surface area contributed by atoms with Gasteiger partial charge in [0.25, 0.3) is 0 Å². The van der Waals surface area contributed by atoms with Crippen LogP contribution in [0.2, 0.25) is 0 Å². The molecule has 0 fully saturated rings. The van der Waals surface area contributed by atoms with E-state index in [1.54, 1.807) is 11.3 Å². The minimum absolute atomic E-state index is 0.0293. The van der Waals surface area contributed by atoms with E-state index in [0.29, 0.717) is 6.42 Å². The fourth-order valence-electron chi connectivity index (χ4n) is 2.13. The summed E-state index contributed by atoms with van der Waals surface area (Å²) in [6, 6.07) is 3.59. The van der Waals surface area contributed by atoms with Gasteiger partial charge in [-0.3, -0.25) is 4.79 Å². The molecule has 0 aliphatic carbocycles. The van der Waals surface area contributed by atoms with Gasteiger partial charge in [-0.25, -0.2) is 4.79 Å². The van der Waals surface area contributed by atoms with Crippen LogP contribution in [0, 0.1) is 11.8 Å². The number of carbonyl (C=O) groups excluding carboxylic acids is 1. The SMILES string of the molecule is CCC(NC(=O)NCC(CC(C)C)C(=O)O)c1cccs1. The smallest absolute Gasteiger partial charge is 0.315 e. The van der Waals surface area contributed by atoms with Crippen LogP contribution in [0.1, 0.15) is 44.5 Å². The number of nitrogens with one attached hydrogen (secondary N) is 2. The summed E-state index contributed by atoms with van der Waals surface area (Å²) in [6.07, 6.45) is 1.35. The van der Waals surface area contributed by atoms with Crippen molar-refractivity contribution >= 4 is 23.3 Å². The summed E-state index contributed by atoms with van der Waals surface area (Å²) in [4.78, 5) is 24.2. The summed E-state index contributed by atoms with van der Waals surface area (Å²) >= 11 is 1.60. The van der Waals surface area contributed by atoms with Crippen molar-refractivity contribution in [3.05, 3.63) is 22.4 Å². The fraction of sp³-hybridized carbons (Fsp3) is 0.600. The predicted molar refractivity (Wildman–Crippen MR) is 84.5 cm³/mol. The van der Waals surface area contributed by atoms with E-state index in [2.05, 4.69) is 10.6 Å². The van der Waals surface area contributed by atoms with E-state index in [4.69, 9.17) is 5.11 Å². The van der Waals surface area contributed by atoms with Crippen LogP contribution in [0.5, 0.6) is 0 Å². The van der Waals surface area contributed by atoms with Crippen molar-refractivity contribution in [3.8, 4) is 0 Å². The van der Waals surface area contributed by atoms with Gasteiger partial charge in [0.15, 0.2) is 0 Å². The first-order valence-electron chi connectivity index (χ1n) is 7.24. The van der Waals surface area contributed by atoms with Crippen LogP contribution in [0.25, 0.3) is 0 Å². The van der Waals surface area contributed by atoms with Crippen LogP contribution in [0.15, 0.2) is 17.5 Å². The second-order valence-electron chi connectivity index (χ2n) is 5.50. The Morgan fingerprint density at radius 2 is 2.10 bits per heavy atom. The highest BCUT2D eigenvalue weighted by Gasteiger charge is 2.20. The van der Waals surface area contributed by atoms with E-state index in [1.807, 2.05) is 38.3 Å². The summed E-state index contributed by atoms with van der Waals surface area (Å²) in [7, 11) is 0. The van der Waals surface area contributed by atoms with Crippen LogP contribution in [-0.2, 0) is 4.79 Å². The summed E-state index contributed by atoms with van der Waals surface area (Å²) in [6.45, 7) is 6.10. The number of carbonyl (C=O) groups is 2. The Morgan fingerprint density at radius 1 is 1.38 bits per heavy atom. The highest BCUT2D eigenvalue weighted by Crippen LogP contribution is 2.21. The largest absolute Gasteiger partial charge is 0.481 e. The molecule has 2 unspecified atom stereocenters. The van der Waals surface area contributed by atoms with Gasteiger partial charge in [0.1, 0.15) is 0 Å². The molecule has 1 aromatic heterocycles. The maximum atomic E-state index is 11.9. The van der Waals surface area contributed by atoms with Crippen molar-refractivity contribution in [2.24, 2.45) is 11.8 Å². The minimum atomic E-state index is -0.866. The highest BCUT2D eigenvalue weighted by molar-refractivity contribution is 7.10. The number of hydrogen-bond donors (Lipinski definition) is 3. The van der Waals surface area contributed by atoms with E-state index < -0.39 is 11.9 Å². The third kappa shape index (κ3) is 6.16. The lowest BCUT2D eigenvalue weighted by molar-refractivity contribution is -0.142. The molecule has 118 valence electrons. The van der Waals surface area contributed by atoms with Crippen molar-refractivity contribution < 1.29 is 14.7 Å². The van der Waals surface area contributed by atoms with Gasteiger partial charge in [0.05, 0.1) is 12.0 Å². The lowest BCUT2D eigenvalue weighted by atomic mass is 9.97. The molecule has 21 heavy (non-hydrogen) atoms. The molecule has 0 aliphatic heterocycles. The average Bonchev–Trinajstić information content (AvgIpc) is 2.93. The Hall–Kier alpha value is -1.56. The number of carboxylic acid groups (broad SMARTS) is 1. The first kappa shape index (κ1) is 17.5. The van der Waals surface area contributed by atoms with Crippen molar-refractivity contribution in [3.63, 3.8) is 0 Å². The standard InChI is InChI=1S/C15H24N2O3S/c1-4-12(13-6-5-7-21-13)17-15(20)16-9-11(14(18)19)8-10(2)3/h5-7,10-12H,4,8-9H2,1-3H3,(H,18,19)(H2,16,17,20). The van der Waals surface area contributed by atoms with Gasteiger partial charge in [0.2, 0.25) is 0 Å². The van der Waals surface area contributed by atoms with E-state index in [1.165, 1.54) is 0 Å². The second kappa shape index (κ2) is 8.67. The highest BCUT2D eigenvalue weighted by atomic mass is 32.1. The lowest BCUT2D eigenvalue weighted by Gasteiger charge is -2.19. The van der Waals surface area contributed by atoms with Crippen LogP contribution in [0.4, 0.5) is 4.79 Å². The molecule has 0 saturated heterocycles. The zero-order chi connectivity index (χ0) is 15.8. The molecule has 0 bridgehead atoms. The Balaban J connectivity index is 2.47. The van der Waals surface area contributed by atoms with E-state index in [-0.39, 0.29) is 24.5 Å². The molecular weight excluding hydrogens is 288 g/mol. The summed E-state index contributed by atoms with van der Waals surface area (Å²) < 4.78 is 0. The molecule has 0 spiro atoms. The van der Waals surface area contributed by atoms with Gasteiger partial charge in [-0.2, -0.15) is 0 Å². The Morgan fingerprint density at radius 3 is 2.57 bits per heavy atom. The summed E-state index contributed by atoms with van der Waals surface area (Å²) in [5.74, 6) is -1.13. The molecule has 0 aliphatic rings. The molecule has 1 aromatic rings. The number of thiophene rings is 1. The topological polar surface area (TPSA) is 78.4 Å². The molecule has 2 amide bonds. The molecule has 1 rings (SSSR count).